The van der Waals surface area contributed by atoms with Crippen LogP contribution in [0, 0.1) is 0 Å². The summed E-state index contributed by atoms with van der Waals surface area (Å²) in [4.78, 5) is 11.5. The average molecular weight is 376 g/mol. The molecule has 0 radical (unpaired) electrons. The maximum absolute atomic E-state index is 11.5. The monoisotopic (exact) mass is 376 g/mol. The molecule has 0 saturated carbocycles. The van der Waals surface area contributed by atoms with Crippen LogP contribution in [0.2, 0.25) is 0 Å². The number of carboxylic acids is 1. The first-order valence-corrected chi connectivity index (χ1v) is 9.10. The number of hydrogen-bond acceptors (Lipinski definition) is 4. The Morgan fingerprint density at radius 2 is 1.71 bits per heavy atom. The second kappa shape index (κ2) is 8.05. The molecule has 5 nitrogen and oxygen atoms in total. The smallest absolute Gasteiger partial charge is 0.335 e. The minimum Gasteiger partial charge on any atom is -0.490 e. The van der Waals surface area contributed by atoms with Crippen molar-refractivity contribution in [3.05, 3.63) is 89.5 Å². The van der Waals surface area contributed by atoms with Crippen LogP contribution in [-0.2, 0) is 13.0 Å². The lowest BCUT2D eigenvalue weighted by Gasteiger charge is -2.12. The van der Waals surface area contributed by atoms with Crippen molar-refractivity contribution in [3.8, 4) is 17.2 Å². The zero-order valence-corrected chi connectivity index (χ0v) is 15.2. The Bertz CT molecular complexity index is 953. The van der Waals surface area contributed by atoms with Crippen LogP contribution in [0.25, 0.3) is 0 Å². The molecule has 0 fully saturated rings. The molecule has 3 aromatic rings. The van der Waals surface area contributed by atoms with E-state index in [2.05, 4.69) is 0 Å². The lowest BCUT2D eigenvalue weighted by molar-refractivity contribution is 0.0695. The third kappa shape index (κ3) is 4.09. The molecule has 142 valence electrons. The molecular formula is C23H20O5. The summed E-state index contributed by atoms with van der Waals surface area (Å²) in [5.41, 5.74) is 2.04. The van der Waals surface area contributed by atoms with E-state index in [1.54, 1.807) is 12.1 Å². The van der Waals surface area contributed by atoms with E-state index in [4.69, 9.17) is 14.2 Å². The second-order valence-corrected chi connectivity index (χ2v) is 6.60. The molecule has 0 aromatic heterocycles. The number of para-hydroxylation sites is 1. The lowest BCUT2D eigenvalue weighted by atomic mass is 10.1. The minimum atomic E-state index is -1.01. The highest BCUT2D eigenvalue weighted by molar-refractivity contribution is 5.89. The Morgan fingerprint density at radius 1 is 1.00 bits per heavy atom. The summed E-state index contributed by atoms with van der Waals surface area (Å²) in [7, 11) is 0. The maximum Gasteiger partial charge on any atom is 0.335 e. The normalized spacial score (nSPS) is 14.8. The van der Waals surface area contributed by atoms with E-state index in [-0.39, 0.29) is 11.7 Å². The van der Waals surface area contributed by atoms with Crippen LogP contribution in [0.4, 0.5) is 0 Å². The van der Waals surface area contributed by atoms with E-state index in [9.17, 15) is 9.90 Å². The first kappa shape index (κ1) is 17.9. The van der Waals surface area contributed by atoms with Gasteiger partial charge in [-0.25, -0.2) is 4.79 Å². The molecule has 1 heterocycles. The number of benzene rings is 3. The quantitative estimate of drug-likeness (QED) is 0.664. The zero-order valence-electron chi connectivity index (χ0n) is 15.2. The van der Waals surface area contributed by atoms with Gasteiger partial charge in [-0.05, 0) is 29.8 Å². The van der Waals surface area contributed by atoms with Crippen molar-refractivity contribution < 1.29 is 24.1 Å². The third-order valence-corrected chi connectivity index (χ3v) is 4.56. The van der Waals surface area contributed by atoms with Crippen LogP contribution < -0.4 is 14.2 Å². The zero-order chi connectivity index (χ0) is 19.3. The molecule has 0 bridgehead atoms. The third-order valence-electron chi connectivity index (χ3n) is 4.56. The van der Waals surface area contributed by atoms with Crippen molar-refractivity contribution >= 4 is 5.97 Å². The Balaban J connectivity index is 1.50. The molecule has 1 atom stereocenters. The van der Waals surface area contributed by atoms with Gasteiger partial charge in [0.15, 0.2) is 0 Å². The van der Waals surface area contributed by atoms with Crippen LogP contribution in [0.3, 0.4) is 0 Å². The maximum atomic E-state index is 11.5. The Labute approximate surface area is 163 Å². The van der Waals surface area contributed by atoms with E-state index in [1.807, 2.05) is 60.7 Å². The standard InChI is InChI=1S/C23H20O5/c24-23(25)17-11-21(27-14-16-7-3-1-4-8-16)20-13-19(28-22(20)12-17)15-26-18-9-5-2-6-10-18/h1-12,19H,13-15H2,(H,24,25). The second-order valence-electron chi connectivity index (χ2n) is 6.60. The highest BCUT2D eigenvalue weighted by Crippen LogP contribution is 2.38. The molecule has 1 N–H and O–H groups in total. The number of hydrogen-bond donors (Lipinski definition) is 1. The number of ether oxygens (including phenoxy) is 3. The molecule has 0 saturated heterocycles. The van der Waals surface area contributed by atoms with Gasteiger partial charge in [-0.3, -0.25) is 0 Å². The molecule has 4 rings (SSSR count). The van der Waals surface area contributed by atoms with Gasteiger partial charge >= 0.3 is 5.97 Å². The van der Waals surface area contributed by atoms with E-state index < -0.39 is 5.97 Å². The number of carboxylic acid groups (broad SMARTS) is 1. The van der Waals surface area contributed by atoms with Gasteiger partial charge < -0.3 is 19.3 Å². The topological polar surface area (TPSA) is 65.0 Å². The number of fused-ring (bicyclic) bond motifs is 1. The van der Waals surface area contributed by atoms with E-state index in [0.29, 0.717) is 31.1 Å². The van der Waals surface area contributed by atoms with Gasteiger partial charge in [0, 0.05) is 12.0 Å². The Kier molecular flexibility index (Phi) is 5.15. The summed E-state index contributed by atoms with van der Waals surface area (Å²) in [5, 5.41) is 9.41. The molecule has 0 aliphatic carbocycles. The molecule has 1 aliphatic heterocycles. The lowest BCUT2D eigenvalue weighted by Crippen LogP contribution is -2.22. The largest absolute Gasteiger partial charge is 0.490 e. The van der Waals surface area contributed by atoms with Gasteiger partial charge in [0.25, 0.3) is 0 Å². The van der Waals surface area contributed by atoms with Crippen LogP contribution >= 0.6 is 0 Å². The van der Waals surface area contributed by atoms with Gasteiger partial charge in [-0.2, -0.15) is 0 Å². The highest BCUT2D eigenvalue weighted by Gasteiger charge is 2.28. The first-order chi connectivity index (χ1) is 13.7. The predicted molar refractivity (Wildman–Crippen MR) is 104 cm³/mol. The van der Waals surface area contributed by atoms with Crippen molar-refractivity contribution in [3.63, 3.8) is 0 Å². The van der Waals surface area contributed by atoms with Crippen molar-refractivity contribution in [1.29, 1.82) is 0 Å². The summed E-state index contributed by atoms with van der Waals surface area (Å²) >= 11 is 0. The fourth-order valence-electron chi connectivity index (χ4n) is 3.16. The van der Waals surface area contributed by atoms with Crippen LogP contribution in [0.1, 0.15) is 21.5 Å². The molecule has 0 amide bonds. The Hall–Kier alpha value is -3.47. The fourth-order valence-corrected chi connectivity index (χ4v) is 3.16. The van der Waals surface area contributed by atoms with Gasteiger partial charge in [0.1, 0.15) is 36.6 Å². The molecule has 3 aromatic carbocycles. The van der Waals surface area contributed by atoms with E-state index >= 15 is 0 Å². The minimum absolute atomic E-state index is 0.145. The number of carbonyl (C=O) groups is 1. The van der Waals surface area contributed by atoms with E-state index in [0.717, 1.165) is 16.9 Å². The Morgan fingerprint density at radius 3 is 2.43 bits per heavy atom. The molecule has 1 unspecified atom stereocenters. The van der Waals surface area contributed by atoms with E-state index in [1.165, 1.54) is 0 Å². The van der Waals surface area contributed by atoms with Crippen molar-refractivity contribution in [1.82, 2.24) is 0 Å². The van der Waals surface area contributed by atoms with Crippen LogP contribution in [0.5, 0.6) is 17.2 Å². The summed E-state index contributed by atoms with van der Waals surface area (Å²) in [6, 6.07) is 22.4. The van der Waals surface area contributed by atoms with Gasteiger partial charge in [-0.15, -0.1) is 0 Å². The van der Waals surface area contributed by atoms with Gasteiger partial charge in [0.05, 0.1) is 5.56 Å². The fraction of sp³-hybridized carbons (Fsp3) is 0.174. The SMILES string of the molecule is O=C(O)c1cc(OCc2ccccc2)c2c(c1)OC(COc1ccccc1)C2. The summed E-state index contributed by atoms with van der Waals surface area (Å²) in [6.07, 6.45) is 0.407. The molecule has 0 spiro atoms. The number of rotatable bonds is 7. The summed E-state index contributed by atoms with van der Waals surface area (Å²) in [5.74, 6) is 0.847. The summed E-state index contributed by atoms with van der Waals surface area (Å²) < 4.78 is 17.7. The molecule has 28 heavy (non-hydrogen) atoms. The highest BCUT2D eigenvalue weighted by atomic mass is 16.5. The van der Waals surface area contributed by atoms with Crippen molar-refractivity contribution in [2.24, 2.45) is 0 Å². The van der Waals surface area contributed by atoms with Gasteiger partial charge in [-0.1, -0.05) is 48.5 Å². The molecular weight excluding hydrogens is 356 g/mol. The van der Waals surface area contributed by atoms with Crippen molar-refractivity contribution in [2.45, 2.75) is 19.1 Å². The number of aromatic carboxylic acids is 1. The van der Waals surface area contributed by atoms with Crippen LogP contribution in [0.15, 0.2) is 72.8 Å². The first-order valence-electron chi connectivity index (χ1n) is 9.10. The van der Waals surface area contributed by atoms with Gasteiger partial charge in [0.2, 0.25) is 0 Å². The molecule has 1 aliphatic rings. The predicted octanol–water partition coefficient (Wildman–Crippen LogP) is 4.35. The summed E-state index contributed by atoms with van der Waals surface area (Å²) in [6.45, 7) is 0.737. The average Bonchev–Trinajstić information content (AvgIpc) is 3.15. The van der Waals surface area contributed by atoms with Crippen LogP contribution in [-0.4, -0.2) is 23.8 Å². The van der Waals surface area contributed by atoms with Crippen molar-refractivity contribution in [2.75, 3.05) is 6.61 Å². The molecule has 5 heteroatoms.